The van der Waals surface area contributed by atoms with Gasteiger partial charge in [-0.2, -0.15) is 5.10 Å². The Morgan fingerprint density at radius 3 is 2.85 bits per heavy atom. The number of aromatic amines is 2. The summed E-state index contributed by atoms with van der Waals surface area (Å²) in [7, 11) is 0. The third-order valence-corrected chi connectivity index (χ3v) is 7.63. The molecule has 0 aliphatic carbocycles. The predicted molar refractivity (Wildman–Crippen MR) is 151 cm³/mol. The molecule has 1 fully saturated rings. The van der Waals surface area contributed by atoms with Crippen molar-refractivity contribution in [2.45, 2.75) is 19.3 Å². The molecule has 5 heterocycles. The Labute approximate surface area is 225 Å². The van der Waals surface area contributed by atoms with Gasteiger partial charge in [-0.3, -0.25) is 15.0 Å². The lowest BCUT2D eigenvalue weighted by Gasteiger charge is -2.15. The van der Waals surface area contributed by atoms with E-state index in [1.165, 1.54) is 30.5 Å². The molecule has 198 valence electrons. The second-order valence-electron chi connectivity index (χ2n) is 10.2. The van der Waals surface area contributed by atoms with Gasteiger partial charge in [0.25, 0.3) is 0 Å². The molecule has 0 atom stereocenters. The van der Waals surface area contributed by atoms with Gasteiger partial charge in [0, 0.05) is 30.1 Å². The molecule has 0 bridgehead atoms. The van der Waals surface area contributed by atoms with Crippen LogP contribution in [0.25, 0.3) is 50.2 Å². The number of imidazole rings is 1. The molecule has 0 spiro atoms. The Morgan fingerprint density at radius 2 is 1.97 bits per heavy atom. The fourth-order valence-corrected chi connectivity index (χ4v) is 5.61. The quantitative estimate of drug-likeness (QED) is 0.273. The standard InChI is InChI=1S/C30H30FN7O/c31-21-14-20(15-22(16-21)39-13-12-38-10-1-2-11-38)23-4-3-5-25-28(23)35-30(34-25)29-24-17-26(19-6-8-32-9-7-19)33-18-27(24)36-37-29/h3-6,14-18,32H,1-2,7-13H2,(H,34,35)(H,36,37). The number of hydrogen-bond donors (Lipinski definition) is 3. The van der Waals surface area contributed by atoms with E-state index in [0.717, 1.165) is 83.6 Å². The van der Waals surface area contributed by atoms with Crippen molar-refractivity contribution in [1.82, 2.24) is 35.4 Å². The van der Waals surface area contributed by atoms with Crippen molar-refractivity contribution < 1.29 is 9.13 Å². The van der Waals surface area contributed by atoms with Crippen LogP contribution in [0.5, 0.6) is 5.75 Å². The topological polar surface area (TPSA) is 94.8 Å². The first-order valence-corrected chi connectivity index (χ1v) is 13.6. The fourth-order valence-electron chi connectivity index (χ4n) is 5.61. The third kappa shape index (κ3) is 4.79. The number of fused-ring (bicyclic) bond motifs is 2. The first kappa shape index (κ1) is 24.0. The van der Waals surface area contributed by atoms with E-state index in [1.54, 1.807) is 0 Å². The van der Waals surface area contributed by atoms with E-state index in [4.69, 9.17) is 9.72 Å². The number of halogens is 1. The molecule has 0 radical (unpaired) electrons. The SMILES string of the molecule is Fc1cc(OCCN2CCCC2)cc(-c2cccc3[nH]c(-c4n[nH]c5cnc(C6=CCNCC6)cc45)nc23)c1. The van der Waals surface area contributed by atoms with Crippen molar-refractivity contribution in [2.75, 3.05) is 39.3 Å². The molecule has 5 aromatic rings. The van der Waals surface area contributed by atoms with E-state index in [9.17, 15) is 4.39 Å². The highest BCUT2D eigenvalue weighted by Crippen LogP contribution is 2.34. The van der Waals surface area contributed by atoms with Crippen LogP contribution < -0.4 is 10.1 Å². The summed E-state index contributed by atoms with van der Waals surface area (Å²) in [6.07, 6.45) is 7.44. The molecule has 7 rings (SSSR count). The summed E-state index contributed by atoms with van der Waals surface area (Å²) >= 11 is 0. The summed E-state index contributed by atoms with van der Waals surface area (Å²) < 4.78 is 20.6. The summed E-state index contributed by atoms with van der Waals surface area (Å²) in [6, 6.07) is 12.8. The number of para-hydroxylation sites is 1. The Bertz CT molecular complexity index is 1680. The first-order chi connectivity index (χ1) is 19.2. The lowest BCUT2D eigenvalue weighted by Crippen LogP contribution is -2.25. The van der Waals surface area contributed by atoms with Gasteiger partial charge in [-0.25, -0.2) is 9.37 Å². The second kappa shape index (κ2) is 10.2. The maximum absolute atomic E-state index is 14.7. The van der Waals surface area contributed by atoms with Crippen molar-refractivity contribution >= 4 is 27.5 Å². The van der Waals surface area contributed by atoms with Crippen LogP contribution in [0.1, 0.15) is 25.0 Å². The molecule has 39 heavy (non-hydrogen) atoms. The first-order valence-electron chi connectivity index (χ1n) is 13.6. The molecule has 3 aromatic heterocycles. The largest absolute Gasteiger partial charge is 0.492 e. The van der Waals surface area contributed by atoms with Gasteiger partial charge in [0.2, 0.25) is 0 Å². The van der Waals surface area contributed by atoms with E-state index >= 15 is 0 Å². The normalized spacial score (nSPS) is 16.3. The summed E-state index contributed by atoms with van der Waals surface area (Å²) in [5, 5.41) is 12.0. The molecule has 2 aliphatic heterocycles. The summed E-state index contributed by atoms with van der Waals surface area (Å²) in [6.45, 7) is 5.41. The molecule has 2 aliphatic rings. The van der Waals surface area contributed by atoms with Gasteiger partial charge in [0.1, 0.15) is 23.9 Å². The summed E-state index contributed by atoms with van der Waals surface area (Å²) in [4.78, 5) is 15.4. The van der Waals surface area contributed by atoms with E-state index in [2.05, 4.69) is 42.5 Å². The van der Waals surface area contributed by atoms with Gasteiger partial charge in [0.15, 0.2) is 5.82 Å². The van der Waals surface area contributed by atoms with E-state index in [-0.39, 0.29) is 5.82 Å². The van der Waals surface area contributed by atoms with Crippen molar-refractivity contribution in [3.05, 3.63) is 66.2 Å². The number of aromatic nitrogens is 5. The highest BCUT2D eigenvalue weighted by molar-refractivity contribution is 5.97. The van der Waals surface area contributed by atoms with Crippen molar-refractivity contribution in [2.24, 2.45) is 0 Å². The average molecular weight is 524 g/mol. The lowest BCUT2D eigenvalue weighted by atomic mass is 10.0. The van der Waals surface area contributed by atoms with Crippen LogP contribution in [-0.2, 0) is 0 Å². The van der Waals surface area contributed by atoms with Crippen molar-refractivity contribution in [3.63, 3.8) is 0 Å². The molecule has 3 N–H and O–H groups in total. The molecular weight excluding hydrogens is 493 g/mol. The molecule has 0 saturated carbocycles. The summed E-state index contributed by atoms with van der Waals surface area (Å²) in [5.41, 5.74) is 6.95. The number of nitrogens with zero attached hydrogens (tertiary/aromatic N) is 4. The van der Waals surface area contributed by atoms with Gasteiger partial charge in [-0.1, -0.05) is 18.2 Å². The minimum Gasteiger partial charge on any atom is -0.492 e. The molecule has 0 amide bonds. The predicted octanol–water partition coefficient (Wildman–Crippen LogP) is 5.16. The second-order valence-corrected chi connectivity index (χ2v) is 10.2. The van der Waals surface area contributed by atoms with E-state index in [0.29, 0.717) is 18.2 Å². The average Bonchev–Trinajstić information content (AvgIpc) is 3.72. The van der Waals surface area contributed by atoms with Crippen LogP contribution in [0.2, 0.25) is 0 Å². The number of benzene rings is 2. The number of nitrogens with one attached hydrogen (secondary N) is 3. The molecular formula is C30H30FN7O. The number of H-pyrrole nitrogens is 2. The van der Waals surface area contributed by atoms with Gasteiger partial charge < -0.3 is 15.0 Å². The molecule has 1 saturated heterocycles. The van der Waals surface area contributed by atoms with Crippen molar-refractivity contribution in [3.8, 4) is 28.4 Å². The number of ether oxygens (including phenoxy) is 1. The van der Waals surface area contributed by atoms with Gasteiger partial charge in [-0.05, 0) is 74.3 Å². The fraction of sp³-hybridized carbons (Fsp3) is 0.300. The third-order valence-electron chi connectivity index (χ3n) is 7.63. The molecule has 2 aromatic carbocycles. The molecule has 0 unspecified atom stereocenters. The highest BCUT2D eigenvalue weighted by Gasteiger charge is 2.18. The Hall–Kier alpha value is -4.08. The minimum absolute atomic E-state index is 0.332. The molecule has 8 nitrogen and oxygen atoms in total. The van der Waals surface area contributed by atoms with Gasteiger partial charge >= 0.3 is 0 Å². The van der Waals surface area contributed by atoms with E-state index in [1.807, 2.05) is 30.5 Å². The number of pyridine rings is 1. The zero-order valence-electron chi connectivity index (χ0n) is 21.6. The number of hydrogen-bond acceptors (Lipinski definition) is 6. The van der Waals surface area contributed by atoms with E-state index < -0.39 is 0 Å². The Kier molecular flexibility index (Phi) is 6.30. The molecule has 9 heteroatoms. The number of likely N-dealkylation sites (tertiary alicyclic amines) is 1. The maximum Gasteiger partial charge on any atom is 0.159 e. The van der Waals surface area contributed by atoms with Crippen LogP contribution in [-0.4, -0.2) is 69.4 Å². The maximum atomic E-state index is 14.7. The zero-order chi connectivity index (χ0) is 26.2. The van der Waals surface area contributed by atoms with Crippen LogP contribution in [0.4, 0.5) is 4.39 Å². The minimum atomic E-state index is -0.332. The van der Waals surface area contributed by atoms with Crippen LogP contribution in [0, 0.1) is 5.82 Å². The van der Waals surface area contributed by atoms with Gasteiger partial charge in [-0.15, -0.1) is 0 Å². The van der Waals surface area contributed by atoms with Crippen LogP contribution in [0.15, 0.2) is 54.7 Å². The number of rotatable bonds is 7. The monoisotopic (exact) mass is 523 g/mol. The lowest BCUT2D eigenvalue weighted by molar-refractivity contribution is 0.237. The smallest absolute Gasteiger partial charge is 0.159 e. The summed E-state index contributed by atoms with van der Waals surface area (Å²) in [5.74, 6) is 0.850. The Morgan fingerprint density at radius 1 is 1.05 bits per heavy atom. The highest BCUT2D eigenvalue weighted by atomic mass is 19.1. The Balaban J connectivity index is 1.22. The van der Waals surface area contributed by atoms with Crippen LogP contribution >= 0.6 is 0 Å². The zero-order valence-corrected chi connectivity index (χ0v) is 21.6. The van der Waals surface area contributed by atoms with Crippen molar-refractivity contribution in [1.29, 1.82) is 0 Å². The van der Waals surface area contributed by atoms with Gasteiger partial charge in [0.05, 0.1) is 28.4 Å². The van der Waals surface area contributed by atoms with Crippen LogP contribution in [0.3, 0.4) is 0 Å².